The van der Waals surface area contributed by atoms with Gasteiger partial charge >= 0.3 is 0 Å². The van der Waals surface area contributed by atoms with Crippen LogP contribution in [-0.2, 0) is 10.0 Å². The molecule has 0 aromatic heterocycles. The molecule has 2 N–H and O–H groups in total. The average Bonchev–Trinajstić information content (AvgIpc) is 2.32. The van der Waals surface area contributed by atoms with E-state index in [1.165, 1.54) is 42.5 Å². The predicted molar refractivity (Wildman–Crippen MR) is 72.0 cm³/mol. The first kappa shape index (κ1) is 14.0. The van der Waals surface area contributed by atoms with Crippen LogP contribution in [0.5, 0.6) is 11.5 Å². The SMILES string of the molecule is NS(=O)(=O)c1ccc(Oc2ccc(F)cc2Br)cc1. The molecule has 0 heterocycles. The van der Waals surface area contributed by atoms with Crippen LogP contribution in [0.1, 0.15) is 0 Å². The molecule has 4 nitrogen and oxygen atoms in total. The van der Waals surface area contributed by atoms with Gasteiger partial charge in [-0.05, 0) is 58.4 Å². The van der Waals surface area contributed by atoms with Gasteiger partial charge in [-0.3, -0.25) is 0 Å². The van der Waals surface area contributed by atoms with E-state index in [9.17, 15) is 12.8 Å². The van der Waals surface area contributed by atoms with Crippen molar-refractivity contribution in [2.75, 3.05) is 0 Å². The maximum Gasteiger partial charge on any atom is 0.238 e. The summed E-state index contributed by atoms with van der Waals surface area (Å²) < 4.78 is 41.0. The lowest BCUT2D eigenvalue weighted by Gasteiger charge is -2.08. The quantitative estimate of drug-likeness (QED) is 0.929. The Morgan fingerprint density at radius 1 is 1.11 bits per heavy atom. The molecule has 0 amide bonds. The summed E-state index contributed by atoms with van der Waals surface area (Å²) >= 11 is 3.17. The number of sulfonamides is 1. The second-order valence-electron chi connectivity index (χ2n) is 3.69. The van der Waals surface area contributed by atoms with Gasteiger partial charge in [0.25, 0.3) is 0 Å². The molecule has 0 fully saturated rings. The topological polar surface area (TPSA) is 69.4 Å². The Kier molecular flexibility index (Phi) is 3.88. The van der Waals surface area contributed by atoms with Crippen molar-refractivity contribution < 1.29 is 17.5 Å². The van der Waals surface area contributed by atoms with Crippen LogP contribution in [-0.4, -0.2) is 8.42 Å². The van der Waals surface area contributed by atoms with Gasteiger partial charge in [0.2, 0.25) is 10.0 Å². The van der Waals surface area contributed by atoms with Gasteiger partial charge in [0.05, 0.1) is 9.37 Å². The number of hydrogen-bond donors (Lipinski definition) is 1. The molecular formula is C12H9BrFNO3S. The summed E-state index contributed by atoms with van der Waals surface area (Å²) in [5.41, 5.74) is 0. The second-order valence-corrected chi connectivity index (χ2v) is 6.11. The van der Waals surface area contributed by atoms with Crippen molar-refractivity contribution in [1.82, 2.24) is 0 Å². The van der Waals surface area contributed by atoms with E-state index in [2.05, 4.69) is 15.9 Å². The number of hydrogen-bond acceptors (Lipinski definition) is 3. The fourth-order valence-electron chi connectivity index (χ4n) is 1.38. The maximum atomic E-state index is 12.9. The summed E-state index contributed by atoms with van der Waals surface area (Å²) in [6.07, 6.45) is 0. The molecule has 100 valence electrons. The first-order chi connectivity index (χ1) is 8.86. The van der Waals surface area contributed by atoms with Crippen molar-refractivity contribution in [2.45, 2.75) is 4.90 Å². The van der Waals surface area contributed by atoms with E-state index in [0.717, 1.165) is 0 Å². The summed E-state index contributed by atoms with van der Waals surface area (Å²) in [5.74, 6) is 0.452. The van der Waals surface area contributed by atoms with Gasteiger partial charge < -0.3 is 4.74 Å². The molecule has 0 spiro atoms. The molecule has 0 aliphatic heterocycles. The van der Waals surface area contributed by atoms with Gasteiger partial charge in [0, 0.05) is 0 Å². The molecule has 2 rings (SSSR count). The Balaban J connectivity index is 2.25. The lowest BCUT2D eigenvalue weighted by molar-refractivity contribution is 0.477. The van der Waals surface area contributed by atoms with Crippen LogP contribution in [0, 0.1) is 5.82 Å². The van der Waals surface area contributed by atoms with Gasteiger partial charge in [-0.1, -0.05) is 0 Å². The minimum Gasteiger partial charge on any atom is -0.456 e. The molecule has 0 saturated carbocycles. The molecule has 7 heteroatoms. The minimum absolute atomic E-state index is 0.00183. The van der Waals surface area contributed by atoms with Gasteiger partial charge in [-0.25, -0.2) is 17.9 Å². The van der Waals surface area contributed by atoms with Gasteiger partial charge in [0.1, 0.15) is 17.3 Å². The predicted octanol–water partition coefficient (Wildman–Crippen LogP) is 3.03. The van der Waals surface area contributed by atoms with E-state index < -0.39 is 10.0 Å². The second kappa shape index (κ2) is 5.28. The highest BCUT2D eigenvalue weighted by molar-refractivity contribution is 9.10. The van der Waals surface area contributed by atoms with E-state index in [1.807, 2.05) is 0 Å². The minimum atomic E-state index is -3.72. The lowest BCUT2D eigenvalue weighted by atomic mass is 10.3. The van der Waals surface area contributed by atoms with Crippen molar-refractivity contribution in [3.05, 3.63) is 52.8 Å². The molecule has 2 aromatic carbocycles. The number of halogens is 2. The number of primary sulfonamides is 1. The molecule has 0 aliphatic carbocycles. The van der Waals surface area contributed by atoms with Crippen molar-refractivity contribution in [3.8, 4) is 11.5 Å². The summed E-state index contributed by atoms with van der Waals surface area (Å²) in [6, 6.07) is 9.61. The summed E-state index contributed by atoms with van der Waals surface area (Å²) in [5, 5.41) is 4.98. The summed E-state index contributed by atoms with van der Waals surface area (Å²) in [6.45, 7) is 0. The molecule has 0 saturated heterocycles. The molecule has 0 bridgehead atoms. The van der Waals surface area contributed by atoms with Crippen molar-refractivity contribution in [2.24, 2.45) is 5.14 Å². The van der Waals surface area contributed by atoms with E-state index in [-0.39, 0.29) is 10.7 Å². The monoisotopic (exact) mass is 345 g/mol. The molecule has 0 aliphatic rings. The number of benzene rings is 2. The standard InChI is InChI=1S/C12H9BrFNO3S/c13-11-7-8(14)1-6-12(11)18-9-2-4-10(5-3-9)19(15,16)17/h1-7H,(H2,15,16,17). The first-order valence-electron chi connectivity index (χ1n) is 5.12. The Bertz CT molecular complexity index is 701. The number of ether oxygens (including phenoxy) is 1. The fourth-order valence-corrected chi connectivity index (χ4v) is 2.33. The molecule has 0 radical (unpaired) electrons. The Morgan fingerprint density at radius 2 is 1.74 bits per heavy atom. The Hall–Kier alpha value is -1.44. The lowest BCUT2D eigenvalue weighted by Crippen LogP contribution is -2.11. The zero-order chi connectivity index (χ0) is 14.0. The van der Waals surface area contributed by atoms with Crippen LogP contribution in [0.2, 0.25) is 0 Å². The van der Waals surface area contributed by atoms with Gasteiger partial charge in [0.15, 0.2) is 0 Å². The zero-order valence-electron chi connectivity index (χ0n) is 9.51. The molecule has 0 atom stereocenters. The van der Waals surface area contributed by atoms with E-state index in [4.69, 9.17) is 9.88 Å². The zero-order valence-corrected chi connectivity index (χ0v) is 11.9. The first-order valence-corrected chi connectivity index (χ1v) is 7.46. The van der Waals surface area contributed by atoms with E-state index >= 15 is 0 Å². The maximum absolute atomic E-state index is 12.9. The summed E-state index contributed by atoms with van der Waals surface area (Å²) in [4.78, 5) is -0.00183. The van der Waals surface area contributed by atoms with Crippen LogP contribution in [0.3, 0.4) is 0 Å². The third-order valence-corrected chi connectivity index (χ3v) is 3.82. The Morgan fingerprint density at radius 3 is 2.26 bits per heavy atom. The van der Waals surface area contributed by atoms with Crippen LogP contribution >= 0.6 is 15.9 Å². The van der Waals surface area contributed by atoms with Gasteiger partial charge in [-0.15, -0.1) is 0 Å². The largest absolute Gasteiger partial charge is 0.456 e. The number of nitrogens with two attached hydrogens (primary N) is 1. The van der Waals surface area contributed by atoms with Crippen molar-refractivity contribution in [1.29, 1.82) is 0 Å². The fraction of sp³-hybridized carbons (Fsp3) is 0. The summed E-state index contributed by atoms with van der Waals surface area (Å²) in [7, 11) is -3.72. The highest BCUT2D eigenvalue weighted by Crippen LogP contribution is 2.30. The van der Waals surface area contributed by atoms with E-state index in [1.54, 1.807) is 0 Å². The molecule has 0 unspecified atom stereocenters. The molecule has 2 aromatic rings. The highest BCUT2D eigenvalue weighted by Gasteiger charge is 2.08. The molecule has 19 heavy (non-hydrogen) atoms. The van der Waals surface area contributed by atoms with Crippen LogP contribution in [0.15, 0.2) is 51.8 Å². The highest BCUT2D eigenvalue weighted by atomic mass is 79.9. The van der Waals surface area contributed by atoms with E-state index in [0.29, 0.717) is 16.0 Å². The molecular weight excluding hydrogens is 337 g/mol. The third kappa shape index (κ3) is 3.52. The average molecular weight is 346 g/mol. The van der Waals surface area contributed by atoms with Gasteiger partial charge in [-0.2, -0.15) is 0 Å². The van der Waals surface area contributed by atoms with Crippen LogP contribution < -0.4 is 9.88 Å². The third-order valence-electron chi connectivity index (χ3n) is 2.27. The van der Waals surface area contributed by atoms with Crippen molar-refractivity contribution in [3.63, 3.8) is 0 Å². The van der Waals surface area contributed by atoms with Crippen molar-refractivity contribution >= 4 is 26.0 Å². The van der Waals surface area contributed by atoms with Crippen LogP contribution in [0.25, 0.3) is 0 Å². The normalized spacial score (nSPS) is 11.3. The van der Waals surface area contributed by atoms with Crippen LogP contribution in [0.4, 0.5) is 4.39 Å². The smallest absolute Gasteiger partial charge is 0.238 e. The Labute approximate surface area is 118 Å². The number of rotatable bonds is 3.